The first-order valence-corrected chi connectivity index (χ1v) is 4.28. The number of rotatable bonds is 3. The van der Waals surface area contributed by atoms with Crippen LogP contribution in [0.2, 0.25) is 0 Å². The zero-order valence-electron chi connectivity index (χ0n) is 5.49. The summed E-state index contributed by atoms with van der Waals surface area (Å²) in [5, 5.41) is 2.22. The normalized spacial score (nSPS) is 11.0. The lowest BCUT2D eigenvalue weighted by atomic mass is 10.6. The Hall–Kier alpha value is -0.620. The molecule has 0 atom stereocenters. The number of carbonyl (C=O) groups excluding carboxylic acids is 1. The van der Waals surface area contributed by atoms with Gasteiger partial charge in [-0.1, -0.05) is 0 Å². The fourth-order valence-electron chi connectivity index (χ4n) is 0.414. The maximum atomic E-state index is 10.4. The third-order valence-corrected chi connectivity index (χ3v) is 1.31. The third-order valence-electron chi connectivity index (χ3n) is 0.687. The van der Waals surface area contributed by atoms with E-state index in [4.69, 9.17) is 4.55 Å². The van der Waals surface area contributed by atoms with Crippen molar-refractivity contribution >= 4 is 16.0 Å². The second-order valence-corrected chi connectivity index (χ2v) is 3.13. The summed E-state index contributed by atoms with van der Waals surface area (Å²) in [4.78, 5) is 10.4. The Bertz CT molecular complexity index is 207. The summed E-state index contributed by atoms with van der Waals surface area (Å²) in [6, 6.07) is 0. The van der Waals surface area contributed by atoms with E-state index in [2.05, 4.69) is 5.32 Å². The van der Waals surface area contributed by atoms with Crippen molar-refractivity contribution in [2.24, 2.45) is 0 Å². The molecule has 10 heavy (non-hydrogen) atoms. The second kappa shape index (κ2) is 3.52. The van der Waals surface area contributed by atoms with Crippen molar-refractivity contribution in [2.75, 3.05) is 12.3 Å². The molecule has 60 valence electrons. The van der Waals surface area contributed by atoms with Gasteiger partial charge in [0.1, 0.15) is 0 Å². The molecule has 0 aromatic rings. The highest BCUT2D eigenvalue weighted by atomic mass is 32.2. The molecule has 0 aromatic heterocycles. The molecule has 0 heterocycles. The number of carbonyl (C=O) groups is 1. The first-order valence-electron chi connectivity index (χ1n) is 2.67. The molecule has 0 aliphatic heterocycles. The van der Waals surface area contributed by atoms with Crippen molar-refractivity contribution in [1.82, 2.24) is 5.32 Å². The lowest BCUT2D eigenvalue weighted by Crippen LogP contribution is -2.29. The van der Waals surface area contributed by atoms with Crippen molar-refractivity contribution in [2.45, 2.75) is 6.92 Å². The molecule has 0 saturated heterocycles. The summed E-state index contributed by atoms with van der Waals surface area (Å²) >= 11 is 0. The van der Waals surface area contributed by atoms with Gasteiger partial charge in [-0.05, 0) is 6.92 Å². The van der Waals surface area contributed by atoms with Gasteiger partial charge in [0.2, 0.25) is 5.91 Å². The van der Waals surface area contributed by atoms with E-state index in [0.29, 0.717) is 6.54 Å². The van der Waals surface area contributed by atoms with Gasteiger partial charge in [0, 0.05) is 6.54 Å². The first kappa shape index (κ1) is 9.38. The summed E-state index contributed by atoms with van der Waals surface area (Å²) in [7, 11) is -4.16. The van der Waals surface area contributed by atoms with E-state index in [1.54, 1.807) is 6.92 Å². The lowest BCUT2D eigenvalue weighted by Gasteiger charge is -1.97. The largest absolute Gasteiger partial charge is 0.355 e. The molecule has 0 rings (SSSR count). The summed E-state index contributed by atoms with van der Waals surface area (Å²) in [5.74, 6) is -1.55. The minimum atomic E-state index is -4.16. The molecule has 0 spiro atoms. The molecule has 0 aromatic carbocycles. The van der Waals surface area contributed by atoms with Crippen LogP contribution in [0, 0.1) is 0 Å². The van der Waals surface area contributed by atoms with Gasteiger partial charge in [-0.15, -0.1) is 0 Å². The smallest absolute Gasteiger partial charge is 0.274 e. The molecular formula is C4H9NO4S. The van der Waals surface area contributed by atoms with Crippen LogP contribution in [-0.2, 0) is 14.9 Å². The van der Waals surface area contributed by atoms with Crippen LogP contribution in [0.3, 0.4) is 0 Å². The quantitative estimate of drug-likeness (QED) is 0.529. The highest BCUT2D eigenvalue weighted by Crippen LogP contribution is 1.79. The average Bonchev–Trinajstić information content (AvgIpc) is 1.59. The first-order chi connectivity index (χ1) is 4.45. The summed E-state index contributed by atoms with van der Waals surface area (Å²) in [5.41, 5.74) is 0. The molecule has 0 radical (unpaired) electrons. The summed E-state index contributed by atoms with van der Waals surface area (Å²) in [6.45, 7) is 2.01. The van der Waals surface area contributed by atoms with Gasteiger partial charge in [0.05, 0.1) is 0 Å². The standard InChI is InChI=1S/C4H9NO4S/c1-2-5-4(6)3-10(7,8)9/h2-3H2,1H3,(H,5,6)(H,7,8,9). The maximum Gasteiger partial charge on any atom is 0.274 e. The topological polar surface area (TPSA) is 83.5 Å². The van der Waals surface area contributed by atoms with Crippen molar-refractivity contribution in [3.63, 3.8) is 0 Å². The van der Waals surface area contributed by atoms with E-state index in [9.17, 15) is 13.2 Å². The van der Waals surface area contributed by atoms with Crippen molar-refractivity contribution in [3.8, 4) is 0 Å². The number of amides is 1. The Labute approximate surface area is 59.2 Å². The molecule has 0 saturated carbocycles. The van der Waals surface area contributed by atoms with Crippen molar-refractivity contribution < 1.29 is 17.8 Å². The van der Waals surface area contributed by atoms with E-state index in [0.717, 1.165) is 0 Å². The molecular weight excluding hydrogens is 158 g/mol. The molecule has 0 aliphatic rings. The van der Waals surface area contributed by atoms with Gasteiger partial charge in [0.15, 0.2) is 5.75 Å². The van der Waals surface area contributed by atoms with Crippen LogP contribution in [0.25, 0.3) is 0 Å². The molecule has 2 N–H and O–H groups in total. The lowest BCUT2D eigenvalue weighted by molar-refractivity contribution is -0.118. The third kappa shape index (κ3) is 5.52. The summed E-state index contributed by atoms with van der Waals surface area (Å²) in [6.07, 6.45) is 0. The van der Waals surface area contributed by atoms with Crippen LogP contribution in [0.1, 0.15) is 6.92 Å². The van der Waals surface area contributed by atoms with E-state index in [-0.39, 0.29) is 0 Å². The fourth-order valence-corrected chi connectivity index (χ4v) is 0.847. The Morgan fingerprint density at radius 3 is 2.40 bits per heavy atom. The van der Waals surface area contributed by atoms with E-state index in [1.165, 1.54) is 0 Å². The molecule has 0 bridgehead atoms. The monoisotopic (exact) mass is 167 g/mol. The van der Waals surface area contributed by atoms with Gasteiger partial charge in [0.25, 0.3) is 10.1 Å². The highest BCUT2D eigenvalue weighted by Gasteiger charge is 2.10. The minimum Gasteiger partial charge on any atom is -0.355 e. The Morgan fingerprint density at radius 1 is 1.60 bits per heavy atom. The van der Waals surface area contributed by atoms with Crippen LogP contribution in [0.5, 0.6) is 0 Å². The van der Waals surface area contributed by atoms with E-state index < -0.39 is 21.8 Å². The van der Waals surface area contributed by atoms with E-state index >= 15 is 0 Å². The predicted octanol–water partition coefficient (Wildman–Crippen LogP) is -0.990. The number of hydrogen-bond acceptors (Lipinski definition) is 3. The van der Waals surface area contributed by atoms with Crippen LogP contribution in [-0.4, -0.2) is 31.2 Å². The van der Waals surface area contributed by atoms with Crippen molar-refractivity contribution in [1.29, 1.82) is 0 Å². The highest BCUT2D eigenvalue weighted by molar-refractivity contribution is 7.86. The van der Waals surface area contributed by atoms with Gasteiger partial charge in [-0.2, -0.15) is 8.42 Å². The zero-order valence-corrected chi connectivity index (χ0v) is 6.31. The minimum absolute atomic E-state index is 0.356. The zero-order chi connectivity index (χ0) is 8.20. The van der Waals surface area contributed by atoms with Crippen LogP contribution in [0.15, 0.2) is 0 Å². The SMILES string of the molecule is CCNC(=O)CS(=O)(=O)O. The molecule has 6 heteroatoms. The van der Waals surface area contributed by atoms with Crippen LogP contribution >= 0.6 is 0 Å². The maximum absolute atomic E-state index is 10.4. The molecule has 0 fully saturated rings. The van der Waals surface area contributed by atoms with Gasteiger partial charge < -0.3 is 5.32 Å². The van der Waals surface area contributed by atoms with Crippen molar-refractivity contribution in [3.05, 3.63) is 0 Å². The molecule has 0 unspecified atom stereocenters. The average molecular weight is 167 g/mol. The van der Waals surface area contributed by atoms with Gasteiger partial charge >= 0.3 is 0 Å². The van der Waals surface area contributed by atoms with Crippen LogP contribution in [0.4, 0.5) is 0 Å². The summed E-state index contributed by atoms with van der Waals surface area (Å²) < 4.78 is 28.1. The fraction of sp³-hybridized carbons (Fsp3) is 0.750. The molecule has 1 amide bonds. The van der Waals surface area contributed by atoms with Gasteiger partial charge in [-0.3, -0.25) is 9.35 Å². The Kier molecular flexibility index (Phi) is 3.31. The Morgan fingerprint density at radius 2 is 2.10 bits per heavy atom. The molecule has 5 nitrogen and oxygen atoms in total. The Balaban J connectivity index is 3.82. The molecule has 0 aliphatic carbocycles. The number of hydrogen-bond donors (Lipinski definition) is 2. The predicted molar refractivity (Wildman–Crippen MR) is 35.1 cm³/mol. The second-order valence-electron chi connectivity index (χ2n) is 1.68. The van der Waals surface area contributed by atoms with Gasteiger partial charge in [-0.25, -0.2) is 0 Å². The number of nitrogens with one attached hydrogen (secondary N) is 1. The van der Waals surface area contributed by atoms with E-state index in [1.807, 2.05) is 0 Å². The van der Waals surface area contributed by atoms with Crippen LogP contribution < -0.4 is 5.32 Å².